The monoisotopic (exact) mass is 344 g/mol. The standard InChI is InChI=1S/C14H8ClF3N2O3/c15-12(21)8-5-6-11(19-7-8)20-13(22)9-3-1-2-4-10(9)23-14(16,17)18/h1-7H,(H,19,20,22). The van der Waals surface area contributed by atoms with Crippen molar-refractivity contribution in [2.45, 2.75) is 6.36 Å². The van der Waals surface area contributed by atoms with Crippen LogP contribution in [0.2, 0.25) is 0 Å². The largest absolute Gasteiger partial charge is 0.573 e. The van der Waals surface area contributed by atoms with E-state index in [2.05, 4.69) is 15.0 Å². The van der Waals surface area contributed by atoms with Crippen LogP contribution in [0.4, 0.5) is 19.0 Å². The van der Waals surface area contributed by atoms with Crippen molar-refractivity contribution in [2.24, 2.45) is 0 Å². The summed E-state index contributed by atoms with van der Waals surface area (Å²) in [6.45, 7) is 0. The number of anilines is 1. The Morgan fingerprint density at radius 1 is 1.13 bits per heavy atom. The fraction of sp³-hybridized carbons (Fsp3) is 0.0714. The number of halogens is 4. The molecule has 0 fully saturated rings. The summed E-state index contributed by atoms with van der Waals surface area (Å²) in [4.78, 5) is 26.7. The molecule has 0 saturated heterocycles. The van der Waals surface area contributed by atoms with Crippen molar-refractivity contribution < 1.29 is 27.5 Å². The van der Waals surface area contributed by atoms with Gasteiger partial charge in [0.15, 0.2) is 0 Å². The van der Waals surface area contributed by atoms with Gasteiger partial charge >= 0.3 is 6.36 Å². The van der Waals surface area contributed by atoms with Crippen LogP contribution in [-0.4, -0.2) is 22.5 Å². The van der Waals surface area contributed by atoms with Crippen molar-refractivity contribution in [1.82, 2.24) is 4.98 Å². The summed E-state index contributed by atoms with van der Waals surface area (Å²) in [5, 5.41) is 1.58. The molecule has 120 valence electrons. The third-order valence-electron chi connectivity index (χ3n) is 2.59. The van der Waals surface area contributed by atoms with E-state index in [4.69, 9.17) is 11.6 Å². The lowest BCUT2D eigenvalue weighted by Gasteiger charge is -2.12. The number of amides is 1. The van der Waals surface area contributed by atoms with E-state index in [1.807, 2.05) is 0 Å². The van der Waals surface area contributed by atoms with Crippen LogP contribution < -0.4 is 10.1 Å². The molecule has 0 spiro atoms. The number of carbonyl (C=O) groups excluding carboxylic acids is 2. The fourth-order valence-electron chi connectivity index (χ4n) is 1.64. The summed E-state index contributed by atoms with van der Waals surface area (Å²) < 4.78 is 40.8. The molecule has 0 bridgehead atoms. The number of ether oxygens (including phenoxy) is 1. The summed E-state index contributed by atoms with van der Waals surface area (Å²) in [6, 6.07) is 7.49. The number of pyridine rings is 1. The van der Waals surface area contributed by atoms with Gasteiger partial charge in [0.25, 0.3) is 11.1 Å². The Morgan fingerprint density at radius 3 is 2.39 bits per heavy atom. The lowest BCUT2D eigenvalue weighted by atomic mass is 10.2. The Kier molecular flexibility index (Phi) is 4.85. The van der Waals surface area contributed by atoms with Crippen LogP contribution in [0.1, 0.15) is 20.7 Å². The van der Waals surface area contributed by atoms with Crippen LogP contribution in [0.5, 0.6) is 5.75 Å². The molecule has 9 heteroatoms. The molecule has 0 radical (unpaired) electrons. The molecular formula is C14H8ClF3N2O3. The number of hydrogen-bond donors (Lipinski definition) is 1. The zero-order valence-electron chi connectivity index (χ0n) is 11.2. The van der Waals surface area contributed by atoms with E-state index in [0.717, 1.165) is 12.3 Å². The quantitative estimate of drug-likeness (QED) is 0.860. The SMILES string of the molecule is O=C(Cl)c1ccc(NC(=O)c2ccccc2OC(F)(F)F)nc1. The number of aromatic nitrogens is 1. The lowest BCUT2D eigenvalue weighted by molar-refractivity contribution is -0.274. The summed E-state index contributed by atoms with van der Waals surface area (Å²) in [7, 11) is 0. The van der Waals surface area contributed by atoms with Gasteiger partial charge in [-0.15, -0.1) is 13.2 Å². The summed E-state index contributed by atoms with van der Waals surface area (Å²) in [5.41, 5.74) is -0.199. The van der Waals surface area contributed by atoms with Crippen LogP contribution in [-0.2, 0) is 0 Å². The van der Waals surface area contributed by atoms with Gasteiger partial charge in [0.05, 0.1) is 11.1 Å². The molecule has 1 heterocycles. The minimum Gasteiger partial charge on any atom is -0.405 e. The van der Waals surface area contributed by atoms with Crippen molar-refractivity contribution >= 4 is 28.6 Å². The zero-order valence-corrected chi connectivity index (χ0v) is 12.0. The topological polar surface area (TPSA) is 68.3 Å². The molecule has 0 saturated carbocycles. The van der Waals surface area contributed by atoms with Crippen molar-refractivity contribution in [2.75, 3.05) is 5.32 Å². The average Bonchev–Trinajstić information content (AvgIpc) is 2.46. The van der Waals surface area contributed by atoms with E-state index in [-0.39, 0.29) is 16.9 Å². The predicted molar refractivity (Wildman–Crippen MR) is 75.5 cm³/mol. The highest BCUT2D eigenvalue weighted by atomic mass is 35.5. The van der Waals surface area contributed by atoms with E-state index >= 15 is 0 Å². The molecule has 5 nitrogen and oxygen atoms in total. The minimum atomic E-state index is -4.92. The van der Waals surface area contributed by atoms with Gasteiger partial charge < -0.3 is 10.1 Å². The Balaban J connectivity index is 2.19. The maximum Gasteiger partial charge on any atom is 0.573 e. The first-order valence-electron chi connectivity index (χ1n) is 6.08. The van der Waals surface area contributed by atoms with E-state index in [0.29, 0.717) is 0 Å². The highest BCUT2D eigenvalue weighted by Crippen LogP contribution is 2.26. The molecule has 1 aromatic carbocycles. The normalized spacial score (nSPS) is 11.0. The predicted octanol–water partition coefficient (Wildman–Crippen LogP) is 3.61. The molecule has 0 aliphatic rings. The second-order valence-electron chi connectivity index (χ2n) is 4.20. The Bertz CT molecular complexity index is 733. The number of hydrogen-bond acceptors (Lipinski definition) is 4. The van der Waals surface area contributed by atoms with Crippen molar-refractivity contribution in [1.29, 1.82) is 0 Å². The number of nitrogens with zero attached hydrogens (tertiary/aromatic N) is 1. The smallest absolute Gasteiger partial charge is 0.405 e. The first-order valence-corrected chi connectivity index (χ1v) is 6.46. The molecule has 23 heavy (non-hydrogen) atoms. The van der Waals surface area contributed by atoms with Gasteiger partial charge in [0, 0.05) is 6.20 Å². The number of rotatable bonds is 4. The van der Waals surface area contributed by atoms with Gasteiger partial charge in [-0.2, -0.15) is 0 Å². The zero-order chi connectivity index (χ0) is 17.0. The third kappa shape index (κ3) is 4.68. The molecule has 0 aliphatic carbocycles. The molecule has 0 aliphatic heterocycles. The highest BCUT2D eigenvalue weighted by Gasteiger charge is 2.32. The van der Waals surface area contributed by atoms with Crippen molar-refractivity contribution in [3.8, 4) is 5.75 Å². The third-order valence-corrected chi connectivity index (χ3v) is 2.81. The van der Waals surface area contributed by atoms with Gasteiger partial charge in [-0.05, 0) is 35.9 Å². The Morgan fingerprint density at radius 2 is 1.83 bits per heavy atom. The van der Waals surface area contributed by atoms with Gasteiger partial charge in [-0.3, -0.25) is 9.59 Å². The van der Waals surface area contributed by atoms with Crippen LogP contribution >= 0.6 is 11.6 Å². The molecule has 0 unspecified atom stereocenters. The molecule has 0 atom stereocenters. The second-order valence-corrected chi connectivity index (χ2v) is 4.55. The average molecular weight is 345 g/mol. The molecule has 2 rings (SSSR count). The number of benzene rings is 1. The number of nitrogens with one attached hydrogen (secondary N) is 1. The number of alkyl halides is 3. The van der Waals surface area contributed by atoms with E-state index < -0.39 is 23.3 Å². The van der Waals surface area contributed by atoms with Crippen LogP contribution in [0, 0.1) is 0 Å². The van der Waals surface area contributed by atoms with Crippen LogP contribution in [0.25, 0.3) is 0 Å². The Hall–Kier alpha value is -2.61. The fourth-order valence-corrected chi connectivity index (χ4v) is 1.75. The minimum absolute atomic E-state index is 0.0403. The summed E-state index contributed by atoms with van der Waals surface area (Å²) in [6.07, 6.45) is -3.79. The molecule has 1 amide bonds. The van der Waals surface area contributed by atoms with E-state index in [9.17, 15) is 22.8 Å². The van der Waals surface area contributed by atoms with Gasteiger partial charge in [-0.25, -0.2) is 4.98 Å². The first-order chi connectivity index (χ1) is 10.8. The lowest BCUT2D eigenvalue weighted by Crippen LogP contribution is -2.21. The molecule has 2 aromatic rings. The van der Waals surface area contributed by atoms with Crippen molar-refractivity contribution in [3.63, 3.8) is 0 Å². The Labute approximate surface area is 133 Å². The maximum absolute atomic E-state index is 12.3. The van der Waals surface area contributed by atoms with Gasteiger partial charge in [0.1, 0.15) is 11.6 Å². The number of carbonyl (C=O) groups is 2. The van der Waals surface area contributed by atoms with Gasteiger partial charge in [-0.1, -0.05) is 12.1 Å². The molecule has 1 N–H and O–H groups in total. The van der Waals surface area contributed by atoms with E-state index in [1.165, 1.54) is 30.3 Å². The highest BCUT2D eigenvalue weighted by molar-refractivity contribution is 6.67. The van der Waals surface area contributed by atoms with Crippen LogP contribution in [0.3, 0.4) is 0 Å². The molecular weight excluding hydrogens is 337 g/mol. The van der Waals surface area contributed by atoms with E-state index in [1.54, 1.807) is 0 Å². The summed E-state index contributed by atoms with van der Waals surface area (Å²) in [5.74, 6) is -1.44. The number of para-hydroxylation sites is 1. The summed E-state index contributed by atoms with van der Waals surface area (Å²) >= 11 is 5.25. The first kappa shape index (κ1) is 16.8. The van der Waals surface area contributed by atoms with Crippen LogP contribution in [0.15, 0.2) is 42.6 Å². The molecule has 1 aromatic heterocycles. The maximum atomic E-state index is 12.3. The van der Waals surface area contributed by atoms with Gasteiger partial charge in [0.2, 0.25) is 0 Å². The second kappa shape index (κ2) is 6.66. The van der Waals surface area contributed by atoms with Crippen molar-refractivity contribution in [3.05, 3.63) is 53.7 Å².